The average Bonchev–Trinajstić information content (AvgIpc) is 3.10. The van der Waals surface area contributed by atoms with Crippen LogP contribution in [0.1, 0.15) is 11.1 Å². The van der Waals surface area contributed by atoms with E-state index in [0.29, 0.717) is 5.88 Å². The highest BCUT2D eigenvalue weighted by molar-refractivity contribution is 5.83. The largest absolute Gasteiger partial charge is 0.439 e. The Morgan fingerprint density at radius 1 is 0.962 bits per heavy atom. The van der Waals surface area contributed by atoms with Gasteiger partial charge in [-0.3, -0.25) is 0 Å². The molecule has 0 unspecified atom stereocenters. The highest BCUT2D eigenvalue weighted by Crippen LogP contribution is 2.20. The summed E-state index contributed by atoms with van der Waals surface area (Å²) >= 11 is 0. The van der Waals surface area contributed by atoms with Gasteiger partial charge in [-0.25, -0.2) is 4.98 Å². The predicted molar refractivity (Wildman–Crippen MR) is 104 cm³/mol. The number of hydrogen-bond acceptors (Lipinski definition) is 3. The normalized spacial score (nSPS) is 10.9. The second-order valence-electron chi connectivity index (χ2n) is 6.20. The molecule has 0 saturated carbocycles. The van der Waals surface area contributed by atoms with E-state index in [1.54, 1.807) is 6.20 Å². The third kappa shape index (κ3) is 3.92. The van der Waals surface area contributed by atoms with E-state index in [1.807, 2.05) is 36.4 Å². The summed E-state index contributed by atoms with van der Waals surface area (Å²) in [6.45, 7) is 1.73. The number of nitrogens with one attached hydrogen (secondary N) is 2. The van der Waals surface area contributed by atoms with Gasteiger partial charge in [0.1, 0.15) is 5.75 Å². The van der Waals surface area contributed by atoms with Crippen LogP contribution < -0.4 is 10.1 Å². The van der Waals surface area contributed by atoms with Crippen molar-refractivity contribution in [1.82, 2.24) is 15.3 Å². The van der Waals surface area contributed by atoms with Gasteiger partial charge < -0.3 is 15.0 Å². The maximum atomic E-state index is 5.79. The average molecular weight is 343 g/mol. The molecule has 2 aromatic heterocycles. The van der Waals surface area contributed by atoms with Crippen LogP contribution >= 0.6 is 0 Å². The van der Waals surface area contributed by atoms with Crippen molar-refractivity contribution in [1.29, 1.82) is 0 Å². The number of para-hydroxylation sites is 1. The zero-order chi connectivity index (χ0) is 17.6. The molecule has 2 aromatic carbocycles. The number of fused-ring (bicyclic) bond motifs is 1. The van der Waals surface area contributed by atoms with E-state index >= 15 is 0 Å². The maximum Gasteiger partial charge on any atom is 0.219 e. The fraction of sp³-hybridized carbons (Fsp3) is 0.136. The Kier molecular flexibility index (Phi) is 4.94. The van der Waals surface area contributed by atoms with E-state index in [9.17, 15) is 0 Å². The number of pyridine rings is 1. The first kappa shape index (κ1) is 16.4. The van der Waals surface area contributed by atoms with Gasteiger partial charge in [-0.05, 0) is 48.4 Å². The lowest BCUT2D eigenvalue weighted by Gasteiger charge is -2.08. The molecule has 0 atom stereocenters. The molecule has 2 heterocycles. The van der Waals surface area contributed by atoms with Crippen molar-refractivity contribution < 1.29 is 4.74 Å². The van der Waals surface area contributed by atoms with Gasteiger partial charge in [0.2, 0.25) is 5.88 Å². The van der Waals surface area contributed by atoms with Crippen LogP contribution in [0, 0.1) is 0 Å². The molecule has 2 N–H and O–H groups in total. The fourth-order valence-corrected chi connectivity index (χ4v) is 3.04. The van der Waals surface area contributed by atoms with Crippen LogP contribution in [0.2, 0.25) is 0 Å². The lowest BCUT2D eigenvalue weighted by atomic mass is 10.1. The number of nitrogens with zero attached hydrogens (tertiary/aromatic N) is 1. The summed E-state index contributed by atoms with van der Waals surface area (Å²) in [4.78, 5) is 7.52. The van der Waals surface area contributed by atoms with Crippen molar-refractivity contribution in [3.05, 3.63) is 90.3 Å². The minimum absolute atomic E-state index is 0.608. The Bertz CT molecular complexity index is 979. The number of rotatable bonds is 7. The smallest absolute Gasteiger partial charge is 0.219 e. The SMILES string of the molecule is c1ccc(Oc2cccc(CNCCc3c[nH]c4ccccc34)c2)nc1. The molecule has 0 amide bonds. The van der Waals surface area contributed by atoms with Crippen molar-refractivity contribution in [2.24, 2.45) is 0 Å². The molecule has 0 aliphatic heterocycles. The third-order valence-electron chi connectivity index (χ3n) is 4.33. The topological polar surface area (TPSA) is 49.9 Å². The van der Waals surface area contributed by atoms with Crippen LogP contribution in [0.4, 0.5) is 0 Å². The molecule has 0 spiro atoms. The molecule has 4 rings (SSSR count). The molecule has 0 aliphatic rings. The Morgan fingerprint density at radius 3 is 2.81 bits per heavy atom. The number of aromatic amines is 1. The minimum atomic E-state index is 0.608. The number of benzene rings is 2. The maximum absolute atomic E-state index is 5.79. The second kappa shape index (κ2) is 7.85. The summed E-state index contributed by atoms with van der Waals surface area (Å²) in [6, 6.07) is 22.2. The molecule has 0 fully saturated rings. The summed E-state index contributed by atoms with van der Waals surface area (Å²) in [5.74, 6) is 1.41. The van der Waals surface area contributed by atoms with Gasteiger partial charge in [-0.1, -0.05) is 36.4 Å². The summed E-state index contributed by atoms with van der Waals surface area (Å²) in [5.41, 5.74) is 3.74. The van der Waals surface area contributed by atoms with Gasteiger partial charge in [0.25, 0.3) is 0 Å². The Labute approximate surface area is 152 Å². The Morgan fingerprint density at radius 2 is 1.88 bits per heavy atom. The second-order valence-corrected chi connectivity index (χ2v) is 6.20. The van der Waals surface area contributed by atoms with Crippen molar-refractivity contribution in [2.75, 3.05) is 6.54 Å². The monoisotopic (exact) mass is 343 g/mol. The van der Waals surface area contributed by atoms with Crippen LogP contribution in [-0.2, 0) is 13.0 Å². The molecule has 4 heteroatoms. The molecule has 0 radical (unpaired) electrons. The van der Waals surface area contributed by atoms with Gasteiger partial charge in [0.15, 0.2) is 0 Å². The van der Waals surface area contributed by atoms with Gasteiger partial charge in [-0.15, -0.1) is 0 Å². The predicted octanol–water partition coefficient (Wildman–Crippen LogP) is 4.69. The molecule has 130 valence electrons. The van der Waals surface area contributed by atoms with E-state index in [1.165, 1.54) is 22.0 Å². The van der Waals surface area contributed by atoms with E-state index in [0.717, 1.165) is 25.3 Å². The van der Waals surface area contributed by atoms with Gasteiger partial charge >= 0.3 is 0 Å². The number of H-pyrrole nitrogens is 1. The summed E-state index contributed by atoms with van der Waals surface area (Å²) < 4.78 is 5.79. The van der Waals surface area contributed by atoms with Crippen molar-refractivity contribution in [3.8, 4) is 11.6 Å². The minimum Gasteiger partial charge on any atom is -0.439 e. The molecular weight excluding hydrogens is 322 g/mol. The number of aromatic nitrogens is 2. The first-order valence-electron chi connectivity index (χ1n) is 8.82. The van der Waals surface area contributed by atoms with Crippen molar-refractivity contribution >= 4 is 10.9 Å². The Balaban J connectivity index is 1.31. The van der Waals surface area contributed by atoms with Crippen LogP contribution in [0.5, 0.6) is 11.6 Å². The van der Waals surface area contributed by atoms with E-state index in [2.05, 4.69) is 51.8 Å². The third-order valence-corrected chi connectivity index (χ3v) is 4.33. The van der Waals surface area contributed by atoms with Gasteiger partial charge in [0.05, 0.1) is 0 Å². The van der Waals surface area contributed by atoms with Crippen LogP contribution in [0.15, 0.2) is 79.1 Å². The number of hydrogen-bond donors (Lipinski definition) is 2. The molecular formula is C22H21N3O. The summed E-state index contributed by atoms with van der Waals surface area (Å²) in [6.07, 6.45) is 4.83. The highest BCUT2D eigenvalue weighted by Gasteiger charge is 2.03. The lowest BCUT2D eigenvalue weighted by Crippen LogP contribution is -2.16. The number of ether oxygens (including phenoxy) is 1. The van der Waals surface area contributed by atoms with Crippen LogP contribution in [0.25, 0.3) is 10.9 Å². The van der Waals surface area contributed by atoms with Crippen LogP contribution in [-0.4, -0.2) is 16.5 Å². The molecule has 0 aliphatic carbocycles. The van der Waals surface area contributed by atoms with Crippen molar-refractivity contribution in [3.63, 3.8) is 0 Å². The van der Waals surface area contributed by atoms with Crippen molar-refractivity contribution in [2.45, 2.75) is 13.0 Å². The molecule has 0 saturated heterocycles. The van der Waals surface area contributed by atoms with Gasteiger partial charge in [-0.2, -0.15) is 0 Å². The molecule has 4 nitrogen and oxygen atoms in total. The zero-order valence-electron chi connectivity index (χ0n) is 14.5. The molecule has 4 aromatic rings. The van der Waals surface area contributed by atoms with E-state index < -0.39 is 0 Å². The standard InChI is InChI=1S/C22H21N3O/c1-2-9-21-20(8-1)18(16-25-21)11-13-23-15-17-6-5-7-19(14-17)26-22-10-3-4-12-24-22/h1-10,12,14,16,23,25H,11,13,15H2. The molecule has 0 bridgehead atoms. The van der Waals surface area contributed by atoms with Gasteiger partial charge in [0, 0.05) is 35.9 Å². The summed E-state index contributed by atoms with van der Waals surface area (Å²) in [7, 11) is 0. The Hall–Kier alpha value is -3.11. The quantitative estimate of drug-likeness (QED) is 0.479. The first-order valence-corrected chi connectivity index (χ1v) is 8.82. The first-order chi connectivity index (χ1) is 12.9. The fourth-order valence-electron chi connectivity index (χ4n) is 3.04. The van der Waals surface area contributed by atoms with E-state index in [-0.39, 0.29) is 0 Å². The zero-order valence-corrected chi connectivity index (χ0v) is 14.5. The van der Waals surface area contributed by atoms with E-state index in [4.69, 9.17) is 4.74 Å². The lowest BCUT2D eigenvalue weighted by molar-refractivity contribution is 0.462. The molecule has 26 heavy (non-hydrogen) atoms. The highest BCUT2D eigenvalue weighted by atomic mass is 16.5. The summed E-state index contributed by atoms with van der Waals surface area (Å²) in [5, 5.41) is 4.82. The van der Waals surface area contributed by atoms with Crippen LogP contribution in [0.3, 0.4) is 0 Å².